The number of carbonyl (C=O) groups excluding carboxylic acids is 1. The van der Waals surface area contributed by atoms with Gasteiger partial charge in [0.2, 0.25) is 5.91 Å². The van der Waals surface area contributed by atoms with Crippen molar-refractivity contribution in [3.63, 3.8) is 0 Å². The first kappa shape index (κ1) is 14.2. The molecular formula is C14H20BrNO. The standard InChI is InChI=1S/C14H20BrNO/c1-10(2)13(15)14(17)16(4)11(3)12-8-6-5-7-9-12/h5-11,13H,1-4H3. The van der Waals surface area contributed by atoms with Gasteiger partial charge < -0.3 is 4.90 Å². The molecule has 17 heavy (non-hydrogen) atoms. The van der Waals surface area contributed by atoms with Gasteiger partial charge in [0.15, 0.2) is 0 Å². The van der Waals surface area contributed by atoms with E-state index in [0.717, 1.165) is 5.56 Å². The number of alkyl halides is 1. The molecule has 2 unspecified atom stereocenters. The Morgan fingerprint density at radius 3 is 2.18 bits per heavy atom. The van der Waals surface area contributed by atoms with Crippen LogP contribution in [0.4, 0.5) is 0 Å². The Bertz CT molecular complexity index is 364. The Hall–Kier alpha value is -0.830. The van der Waals surface area contributed by atoms with Crippen LogP contribution in [-0.4, -0.2) is 22.7 Å². The van der Waals surface area contributed by atoms with Crippen LogP contribution >= 0.6 is 15.9 Å². The van der Waals surface area contributed by atoms with Gasteiger partial charge in [-0.3, -0.25) is 4.79 Å². The fourth-order valence-electron chi connectivity index (χ4n) is 1.63. The molecule has 0 bridgehead atoms. The average molecular weight is 298 g/mol. The van der Waals surface area contributed by atoms with Crippen molar-refractivity contribution in [3.05, 3.63) is 35.9 Å². The van der Waals surface area contributed by atoms with Gasteiger partial charge in [0.1, 0.15) is 0 Å². The van der Waals surface area contributed by atoms with Crippen molar-refractivity contribution < 1.29 is 4.79 Å². The Labute approximate surface area is 112 Å². The average Bonchev–Trinajstić information content (AvgIpc) is 2.36. The van der Waals surface area contributed by atoms with Gasteiger partial charge in [-0.25, -0.2) is 0 Å². The molecule has 1 aromatic rings. The summed E-state index contributed by atoms with van der Waals surface area (Å²) in [4.78, 5) is 13.9. The van der Waals surface area contributed by atoms with E-state index in [1.165, 1.54) is 0 Å². The highest BCUT2D eigenvalue weighted by Crippen LogP contribution is 2.22. The van der Waals surface area contributed by atoms with Crippen molar-refractivity contribution in [3.8, 4) is 0 Å². The topological polar surface area (TPSA) is 20.3 Å². The van der Waals surface area contributed by atoms with Crippen LogP contribution in [-0.2, 0) is 4.79 Å². The van der Waals surface area contributed by atoms with Gasteiger partial charge >= 0.3 is 0 Å². The third-order valence-corrected chi connectivity index (χ3v) is 4.48. The molecule has 1 rings (SSSR count). The van der Waals surface area contributed by atoms with Crippen LogP contribution < -0.4 is 0 Å². The minimum atomic E-state index is -0.112. The van der Waals surface area contributed by atoms with Gasteiger partial charge in [-0.1, -0.05) is 60.1 Å². The lowest BCUT2D eigenvalue weighted by Gasteiger charge is -2.28. The monoisotopic (exact) mass is 297 g/mol. The lowest BCUT2D eigenvalue weighted by atomic mass is 10.1. The van der Waals surface area contributed by atoms with Crippen LogP contribution in [0.25, 0.3) is 0 Å². The van der Waals surface area contributed by atoms with Crippen LogP contribution in [0.2, 0.25) is 0 Å². The second kappa shape index (κ2) is 6.20. The van der Waals surface area contributed by atoms with Crippen molar-refractivity contribution >= 4 is 21.8 Å². The summed E-state index contributed by atoms with van der Waals surface area (Å²) < 4.78 is 0. The first-order valence-electron chi connectivity index (χ1n) is 5.90. The summed E-state index contributed by atoms with van der Waals surface area (Å²) in [7, 11) is 1.86. The van der Waals surface area contributed by atoms with Crippen molar-refractivity contribution in [2.45, 2.75) is 31.6 Å². The van der Waals surface area contributed by atoms with E-state index in [-0.39, 0.29) is 16.8 Å². The fraction of sp³-hybridized carbons (Fsp3) is 0.500. The largest absolute Gasteiger partial charge is 0.338 e. The minimum Gasteiger partial charge on any atom is -0.338 e. The smallest absolute Gasteiger partial charge is 0.236 e. The second-order valence-corrected chi connectivity index (χ2v) is 5.67. The van der Waals surface area contributed by atoms with Gasteiger partial charge in [-0.05, 0) is 18.4 Å². The molecule has 0 saturated carbocycles. The molecule has 0 spiro atoms. The number of carbonyl (C=O) groups is 1. The lowest BCUT2D eigenvalue weighted by Crippen LogP contribution is -2.37. The van der Waals surface area contributed by atoms with Crippen LogP contribution in [0, 0.1) is 5.92 Å². The third-order valence-electron chi connectivity index (χ3n) is 3.03. The molecule has 1 amide bonds. The normalized spacial score (nSPS) is 14.5. The van der Waals surface area contributed by atoms with Gasteiger partial charge in [-0.2, -0.15) is 0 Å². The summed E-state index contributed by atoms with van der Waals surface area (Å²) in [5.74, 6) is 0.435. The van der Waals surface area contributed by atoms with Crippen molar-refractivity contribution in [1.29, 1.82) is 0 Å². The third kappa shape index (κ3) is 3.56. The van der Waals surface area contributed by atoms with Gasteiger partial charge in [0, 0.05) is 7.05 Å². The van der Waals surface area contributed by atoms with Crippen LogP contribution in [0.1, 0.15) is 32.4 Å². The number of amides is 1. The molecule has 2 nitrogen and oxygen atoms in total. The number of hydrogen-bond donors (Lipinski definition) is 0. The van der Waals surface area contributed by atoms with E-state index in [4.69, 9.17) is 0 Å². The van der Waals surface area contributed by atoms with Gasteiger partial charge in [-0.15, -0.1) is 0 Å². The summed E-state index contributed by atoms with van der Waals surface area (Å²) in [5.41, 5.74) is 1.16. The molecule has 0 heterocycles. The molecule has 0 fully saturated rings. The van der Waals surface area contributed by atoms with Crippen LogP contribution in [0.15, 0.2) is 30.3 Å². The summed E-state index contributed by atoms with van der Waals surface area (Å²) in [6, 6.07) is 10.2. The molecule has 2 atom stereocenters. The van der Waals surface area contributed by atoms with Crippen molar-refractivity contribution in [2.75, 3.05) is 7.05 Å². The van der Waals surface area contributed by atoms with E-state index in [0.29, 0.717) is 5.92 Å². The Balaban J connectivity index is 2.77. The highest BCUT2D eigenvalue weighted by molar-refractivity contribution is 9.10. The predicted octanol–water partition coefficient (Wildman–Crippen LogP) is 3.63. The molecule has 0 N–H and O–H groups in total. The molecule has 0 radical (unpaired) electrons. The molecule has 0 aliphatic rings. The van der Waals surface area contributed by atoms with Gasteiger partial charge in [0.25, 0.3) is 0 Å². The maximum atomic E-state index is 12.2. The molecular weight excluding hydrogens is 278 g/mol. The fourth-order valence-corrected chi connectivity index (χ4v) is 1.95. The summed E-state index contributed by atoms with van der Waals surface area (Å²) >= 11 is 3.46. The first-order chi connectivity index (χ1) is 7.95. The Kier molecular flexibility index (Phi) is 5.19. The number of nitrogens with zero attached hydrogens (tertiary/aromatic N) is 1. The number of benzene rings is 1. The maximum absolute atomic E-state index is 12.2. The number of hydrogen-bond acceptors (Lipinski definition) is 1. The molecule has 1 aromatic carbocycles. The van der Waals surface area contributed by atoms with Gasteiger partial charge in [0.05, 0.1) is 10.9 Å². The first-order valence-corrected chi connectivity index (χ1v) is 6.82. The minimum absolute atomic E-state index is 0.0995. The number of halogens is 1. The molecule has 3 heteroatoms. The molecule has 0 aromatic heterocycles. The Morgan fingerprint density at radius 1 is 1.18 bits per heavy atom. The van der Waals surface area contributed by atoms with E-state index in [9.17, 15) is 4.79 Å². The SMILES string of the molecule is CC(C)C(Br)C(=O)N(C)C(C)c1ccccc1. The maximum Gasteiger partial charge on any atom is 0.236 e. The van der Waals surface area contributed by atoms with Crippen LogP contribution in [0.5, 0.6) is 0 Å². The van der Waals surface area contributed by atoms with Crippen molar-refractivity contribution in [1.82, 2.24) is 4.90 Å². The molecule has 0 aliphatic carbocycles. The highest BCUT2D eigenvalue weighted by atomic mass is 79.9. The van der Waals surface area contributed by atoms with E-state index in [2.05, 4.69) is 15.9 Å². The van der Waals surface area contributed by atoms with Crippen molar-refractivity contribution in [2.24, 2.45) is 5.92 Å². The zero-order valence-corrected chi connectivity index (χ0v) is 12.4. The molecule has 94 valence electrons. The summed E-state index contributed by atoms with van der Waals surface area (Å²) in [6.07, 6.45) is 0. The second-order valence-electron chi connectivity index (χ2n) is 4.68. The van der Waals surface area contributed by atoms with Crippen LogP contribution in [0.3, 0.4) is 0 Å². The summed E-state index contributed by atoms with van der Waals surface area (Å²) in [5, 5.41) is 0. The Morgan fingerprint density at radius 2 is 1.71 bits per heavy atom. The molecule has 0 saturated heterocycles. The zero-order valence-electron chi connectivity index (χ0n) is 10.9. The zero-order chi connectivity index (χ0) is 13.0. The predicted molar refractivity (Wildman–Crippen MR) is 75.2 cm³/mol. The van der Waals surface area contributed by atoms with E-state index < -0.39 is 0 Å². The highest BCUT2D eigenvalue weighted by Gasteiger charge is 2.25. The summed E-state index contributed by atoms with van der Waals surface area (Å²) in [6.45, 7) is 6.13. The number of rotatable bonds is 4. The molecule has 0 aliphatic heterocycles. The van der Waals surface area contributed by atoms with E-state index in [1.54, 1.807) is 4.90 Å². The van der Waals surface area contributed by atoms with E-state index >= 15 is 0 Å². The van der Waals surface area contributed by atoms with E-state index in [1.807, 2.05) is 58.2 Å². The quantitative estimate of drug-likeness (QED) is 0.777. The lowest BCUT2D eigenvalue weighted by molar-refractivity contribution is -0.131.